The molecule has 2 fully saturated rings. The maximum Gasteiger partial charge on any atom is 0.445 e. The van der Waals surface area contributed by atoms with Gasteiger partial charge in [-0.2, -0.15) is 0 Å². The number of aromatic amines is 2. The number of aromatic nitrogens is 4. The van der Waals surface area contributed by atoms with E-state index < -0.39 is 71.1 Å². The van der Waals surface area contributed by atoms with Crippen LogP contribution in [0.2, 0.25) is 25.2 Å². The van der Waals surface area contributed by atoms with Gasteiger partial charge in [0.2, 0.25) is 11.8 Å². The summed E-state index contributed by atoms with van der Waals surface area (Å²) in [5.74, 6) is -1.05. The van der Waals surface area contributed by atoms with Crippen LogP contribution in [0, 0.1) is 17.7 Å². The zero-order chi connectivity index (χ0) is 44.1. The third-order valence-corrected chi connectivity index (χ3v) is 16.1. The van der Waals surface area contributed by atoms with Crippen molar-refractivity contribution in [1.82, 2.24) is 40.4 Å². The predicted molar refractivity (Wildman–Crippen MR) is 229 cm³/mol. The largest absolute Gasteiger partial charge is 0.453 e. The molecule has 14 nitrogen and oxygen atoms in total. The number of nitrogens with one attached hydrogen (secondary N) is 4. The SMILES string of the molecule is COC(=O)N[C@H](C(=O)N1C[Si](C)(C)C[C@H]1c1ncc(-c2ccc(-c3ccc4c(ccc5nc([C@@H]6C[Si](F)(F)CN6C(=O)[C@@H](NC(=O)OC)C(C)C)[nH]c54)c3)c(F)c2)[nH]1)C(C)C. The van der Waals surface area contributed by atoms with Crippen LogP contribution in [-0.2, 0) is 19.1 Å². The number of benzene rings is 3. The Hall–Kier alpha value is -5.70. The predicted octanol–water partition coefficient (Wildman–Crippen LogP) is 7.61. The van der Waals surface area contributed by atoms with Crippen molar-refractivity contribution >= 4 is 62.6 Å². The van der Waals surface area contributed by atoms with Gasteiger partial charge in [0.1, 0.15) is 29.5 Å². The van der Waals surface area contributed by atoms with E-state index in [1.54, 1.807) is 49.2 Å². The fraction of sp³-hybridized carbons (Fsp3) is 0.429. The molecular formula is C42H51F3N8O6Si2. The number of alkyl carbamates (subject to hydrolysis) is 2. The molecule has 0 radical (unpaired) electrons. The quantitative estimate of drug-likeness (QED) is 0.0820. The lowest BCUT2D eigenvalue weighted by atomic mass is 9.98. The first-order valence-electron chi connectivity index (χ1n) is 20.2. The first kappa shape index (κ1) is 43.4. The fourth-order valence-electron chi connectivity index (χ4n) is 8.52. The molecule has 2 aliphatic heterocycles. The van der Waals surface area contributed by atoms with Gasteiger partial charge in [-0.3, -0.25) is 17.8 Å². The van der Waals surface area contributed by atoms with Crippen LogP contribution in [0.3, 0.4) is 0 Å². The topological polar surface area (TPSA) is 175 Å². The molecule has 0 aliphatic carbocycles. The lowest BCUT2D eigenvalue weighted by Crippen LogP contribution is -2.52. The van der Waals surface area contributed by atoms with E-state index in [1.807, 2.05) is 32.0 Å². The molecule has 0 saturated carbocycles. The molecule has 5 aromatic rings. The number of amides is 4. The molecule has 2 aromatic heterocycles. The lowest BCUT2D eigenvalue weighted by Gasteiger charge is -2.30. The highest BCUT2D eigenvalue weighted by molar-refractivity contribution is 6.78. The van der Waals surface area contributed by atoms with Gasteiger partial charge < -0.3 is 39.9 Å². The number of halogens is 3. The van der Waals surface area contributed by atoms with Gasteiger partial charge in [0.15, 0.2) is 0 Å². The van der Waals surface area contributed by atoms with Crippen molar-refractivity contribution in [3.8, 4) is 22.4 Å². The maximum absolute atomic E-state index is 16.0. The average Bonchev–Trinajstić information content (AvgIpc) is 4.01. The Kier molecular flexibility index (Phi) is 11.8. The summed E-state index contributed by atoms with van der Waals surface area (Å²) in [6.07, 6.45) is 0.0398. The van der Waals surface area contributed by atoms with E-state index in [2.05, 4.69) is 48.4 Å². The van der Waals surface area contributed by atoms with Crippen molar-refractivity contribution in [1.29, 1.82) is 0 Å². The van der Waals surface area contributed by atoms with Gasteiger partial charge in [0.25, 0.3) is 0 Å². The number of carbonyl (C=O) groups is 4. The molecule has 4 atom stereocenters. The van der Waals surface area contributed by atoms with E-state index >= 15 is 12.6 Å². The number of fused-ring (bicyclic) bond motifs is 3. The highest BCUT2D eigenvalue weighted by atomic mass is 28.4. The van der Waals surface area contributed by atoms with E-state index in [9.17, 15) is 19.2 Å². The van der Waals surface area contributed by atoms with Gasteiger partial charge in [-0.05, 0) is 47.0 Å². The molecule has 4 N–H and O–H groups in total. The monoisotopic (exact) mass is 876 g/mol. The van der Waals surface area contributed by atoms with E-state index in [0.717, 1.165) is 21.7 Å². The van der Waals surface area contributed by atoms with Crippen LogP contribution in [0.15, 0.2) is 54.7 Å². The molecule has 0 unspecified atom stereocenters. The average molecular weight is 877 g/mol. The molecule has 0 spiro atoms. The normalized spacial score (nSPS) is 19.4. The summed E-state index contributed by atoms with van der Waals surface area (Å²) >= 11 is 0. The van der Waals surface area contributed by atoms with Gasteiger partial charge in [-0.1, -0.05) is 71.1 Å². The summed E-state index contributed by atoms with van der Waals surface area (Å²) in [7, 11) is -4.24. The summed E-state index contributed by atoms with van der Waals surface area (Å²) in [6.45, 7) is 11.6. The Morgan fingerprint density at radius 3 is 2.00 bits per heavy atom. The van der Waals surface area contributed by atoms with E-state index in [4.69, 9.17) is 4.74 Å². The minimum Gasteiger partial charge on any atom is -0.453 e. The summed E-state index contributed by atoms with van der Waals surface area (Å²) in [6, 6.07) is 11.0. The minimum absolute atomic E-state index is 0.178. The molecule has 2 saturated heterocycles. The highest BCUT2D eigenvalue weighted by Gasteiger charge is 2.54. The van der Waals surface area contributed by atoms with Crippen LogP contribution in [0.1, 0.15) is 51.4 Å². The van der Waals surface area contributed by atoms with Crippen LogP contribution in [0.5, 0.6) is 0 Å². The number of carbonyl (C=O) groups excluding carboxylic acids is 4. The van der Waals surface area contributed by atoms with Crippen molar-refractivity contribution in [2.75, 3.05) is 26.6 Å². The number of H-pyrrole nitrogens is 2. The van der Waals surface area contributed by atoms with Gasteiger partial charge in [-0.25, -0.2) is 23.9 Å². The Morgan fingerprint density at radius 1 is 0.787 bits per heavy atom. The molecule has 324 valence electrons. The number of hydrogen-bond acceptors (Lipinski definition) is 8. The van der Waals surface area contributed by atoms with Crippen LogP contribution < -0.4 is 10.6 Å². The maximum atomic E-state index is 16.0. The van der Waals surface area contributed by atoms with Crippen molar-refractivity contribution < 1.29 is 41.3 Å². The number of hydrogen-bond donors (Lipinski definition) is 4. The summed E-state index contributed by atoms with van der Waals surface area (Å²) in [5, 5.41) is 6.67. The first-order valence-corrected chi connectivity index (χ1v) is 25.8. The molecule has 7 rings (SSSR count). The van der Waals surface area contributed by atoms with Crippen LogP contribution in [0.25, 0.3) is 44.2 Å². The minimum atomic E-state index is -4.82. The standard InChI is InChI=1S/C42H51F3N8O6Si2/c1-22(2)34(50-41(56)58-5)39(54)52-20-60(7,8)18-32(52)37-46-17-31(48-37)26-10-12-27(29(43)16-26)24-9-13-28-25(15-24)11-14-30-36(28)49-38(47-30)33-19-61(44,45)21-53(33)40(55)35(23(3)4)51-42(57)59-6/h9-17,22-23,32-35H,18-21H2,1-8H3,(H,46,48)(H,47,49)(H,50,56)(H,51,57)/t32-,33-,34-,35-/m0/s1. The Morgan fingerprint density at radius 2 is 1.39 bits per heavy atom. The fourth-order valence-corrected chi connectivity index (χ4v) is 13.4. The van der Waals surface area contributed by atoms with Gasteiger partial charge in [0, 0.05) is 28.7 Å². The summed E-state index contributed by atoms with van der Waals surface area (Å²) in [4.78, 5) is 70.4. The second kappa shape index (κ2) is 16.6. The van der Waals surface area contributed by atoms with Crippen molar-refractivity contribution in [2.24, 2.45) is 11.8 Å². The second-order valence-electron chi connectivity index (χ2n) is 17.5. The number of ether oxygens (including phenoxy) is 2. The van der Waals surface area contributed by atoms with Crippen molar-refractivity contribution in [3.05, 3.63) is 72.2 Å². The Bertz CT molecular complexity index is 2510. The summed E-state index contributed by atoms with van der Waals surface area (Å²) in [5.41, 5.74) is 3.25. The van der Waals surface area contributed by atoms with E-state index in [0.29, 0.717) is 45.4 Å². The molecule has 2 aliphatic rings. The molecule has 19 heteroatoms. The highest BCUT2D eigenvalue weighted by Crippen LogP contribution is 2.41. The van der Waals surface area contributed by atoms with Crippen molar-refractivity contribution in [2.45, 2.75) is 77.0 Å². The van der Waals surface area contributed by atoms with Gasteiger partial charge in [-0.15, -0.1) is 0 Å². The number of methoxy groups -OCH3 is 2. The van der Waals surface area contributed by atoms with E-state index in [-0.39, 0.29) is 29.6 Å². The molecule has 4 amide bonds. The number of rotatable bonds is 10. The Labute approximate surface area is 353 Å². The molecule has 0 bridgehead atoms. The summed E-state index contributed by atoms with van der Waals surface area (Å²) < 4.78 is 55.7. The molecule has 61 heavy (non-hydrogen) atoms. The second-order valence-corrected chi connectivity index (χ2v) is 25.0. The van der Waals surface area contributed by atoms with Crippen molar-refractivity contribution in [3.63, 3.8) is 0 Å². The van der Waals surface area contributed by atoms with Gasteiger partial charge in [0.05, 0.1) is 63.5 Å². The molecular weight excluding hydrogens is 826 g/mol. The number of nitrogens with zero attached hydrogens (tertiary/aromatic N) is 4. The third kappa shape index (κ3) is 8.75. The van der Waals surface area contributed by atoms with E-state index in [1.165, 1.54) is 20.3 Å². The van der Waals surface area contributed by atoms with Crippen LogP contribution in [-0.4, -0.2) is 109 Å². The number of imidazole rings is 2. The molecule has 4 heterocycles. The molecule has 3 aromatic carbocycles. The zero-order valence-corrected chi connectivity index (χ0v) is 37.4. The smallest absolute Gasteiger partial charge is 0.445 e. The van der Waals surface area contributed by atoms with Gasteiger partial charge >= 0.3 is 20.9 Å². The Balaban J connectivity index is 1.13. The third-order valence-electron chi connectivity index (χ3n) is 11.6. The lowest BCUT2D eigenvalue weighted by molar-refractivity contribution is -0.136. The van der Waals surface area contributed by atoms with Crippen LogP contribution >= 0.6 is 0 Å². The van der Waals surface area contributed by atoms with Crippen LogP contribution in [0.4, 0.5) is 22.2 Å². The first-order chi connectivity index (χ1) is 28.8. The zero-order valence-electron chi connectivity index (χ0n) is 35.4.